The molecule has 3 aromatic rings. The van der Waals surface area contributed by atoms with Crippen LogP contribution in [0.4, 0.5) is 0 Å². The fourth-order valence-electron chi connectivity index (χ4n) is 2.65. The molecule has 0 aliphatic carbocycles. The molecular weight excluding hydrogens is 292 g/mol. The molecule has 7 heteroatoms. The first-order valence-electron chi connectivity index (χ1n) is 7.67. The number of nitrogens with one attached hydrogen (secondary N) is 1. The second kappa shape index (κ2) is 6.20. The maximum Gasteiger partial charge on any atom is 0.242 e. The van der Waals surface area contributed by atoms with Gasteiger partial charge in [-0.25, -0.2) is 14.6 Å². The lowest BCUT2D eigenvalue weighted by Crippen LogP contribution is -2.31. The summed E-state index contributed by atoms with van der Waals surface area (Å²) in [7, 11) is 0. The van der Waals surface area contributed by atoms with Crippen molar-refractivity contribution in [1.82, 2.24) is 29.6 Å². The third-order valence-corrected chi connectivity index (χ3v) is 3.76. The molecule has 23 heavy (non-hydrogen) atoms. The Morgan fingerprint density at radius 1 is 1.35 bits per heavy atom. The summed E-state index contributed by atoms with van der Waals surface area (Å²) in [5.41, 5.74) is 1.79. The zero-order valence-electron chi connectivity index (χ0n) is 13.5. The van der Waals surface area contributed by atoms with E-state index in [1.807, 2.05) is 37.6 Å². The number of aryl methyl sites for hydroxylation is 2. The van der Waals surface area contributed by atoms with E-state index in [4.69, 9.17) is 0 Å². The Balaban J connectivity index is 1.71. The summed E-state index contributed by atoms with van der Waals surface area (Å²) in [6.45, 7) is 6.91. The highest BCUT2D eigenvalue weighted by Gasteiger charge is 2.15. The molecule has 1 N–H and O–H groups in total. The first-order chi connectivity index (χ1) is 11.1. The Labute approximate surface area is 134 Å². The molecular formula is C16H20N6O. The van der Waals surface area contributed by atoms with Crippen molar-refractivity contribution in [1.29, 1.82) is 0 Å². The molecule has 0 aliphatic heterocycles. The SMILES string of the molecule is CCn1ccnc1C(C)NC(=O)Cn1ncc2cc(C)cnc21. The monoisotopic (exact) mass is 312 g/mol. The van der Waals surface area contributed by atoms with E-state index >= 15 is 0 Å². The Morgan fingerprint density at radius 2 is 2.17 bits per heavy atom. The molecule has 0 fully saturated rings. The van der Waals surface area contributed by atoms with Gasteiger partial charge in [-0.1, -0.05) is 0 Å². The smallest absolute Gasteiger partial charge is 0.242 e. The Hall–Kier alpha value is -2.70. The van der Waals surface area contributed by atoms with Crippen LogP contribution in [0, 0.1) is 6.92 Å². The number of nitrogens with zero attached hydrogens (tertiary/aromatic N) is 5. The van der Waals surface area contributed by atoms with Crippen LogP contribution in [0.1, 0.15) is 31.3 Å². The second-order valence-electron chi connectivity index (χ2n) is 5.59. The van der Waals surface area contributed by atoms with Crippen LogP contribution < -0.4 is 5.32 Å². The van der Waals surface area contributed by atoms with Gasteiger partial charge in [0.1, 0.15) is 12.4 Å². The number of fused-ring (bicyclic) bond motifs is 1. The molecule has 3 aromatic heterocycles. The van der Waals surface area contributed by atoms with E-state index in [1.165, 1.54) is 0 Å². The average Bonchev–Trinajstić information content (AvgIpc) is 3.13. The van der Waals surface area contributed by atoms with E-state index in [0.29, 0.717) is 5.65 Å². The first-order valence-corrected chi connectivity index (χ1v) is 7.67. The van der Waals surface area contributed by atoms with Gasteiger partial charge in [0.05, 0.1) is 12.2 Å². The highest BCUT2D eigenvalue weighted by molar-refractivity contribution is 5.80. The van der Waals surface area contributed by atoms with E-state index in [0.717, 1.165) is 23.3 Å². The van der Waals surface area contributed by atoms with Gasteiger partial charge >= 0.3 is 0 Å². The normalized spacial score (nSPS) is 12.5. The number of hydrogen-bond donors (Lipinski definition) is 1. The summed E-state index contributed by atoms with van der Waals surface area (Å²) in [5, 5.41) is 8.15. The van der Waals surface area contributed by atoms with Gasteiger partial charge in [0.15, 0.2) is 5.65 Å². The molecule has 0 saturated carbocycles. The number of carbonyl (C=O) groups excluding carboxylic acids is 1. The van der Waals surface area contributed by atoms with Gasteiger partial charge in [-0.2, -0.15) is 5.10 Å². The third kappa shape index (κ3) is 3.08. The van der Waals surface area contributed by atoms with E-state index in [2.05, 4.69) is 20.4 Å². The van der Waals surface area contributed by atoms with Gasteiger partial charge in [-0.3, -0.25) is 4.79 Å². The van der Waals surface area contributed by atoms with E-state index in [1.54, 1.807) is 23.3 Å². The van der Waals surface area contributed by atoms with Crippen molar-refractivity contribution in [2.45, 2.75) is 39.9 Å². The minimum atomic E-state index is -0.158. The van der Waals surface area contributed by atoms with Crippen LogP contribution >= 0.6 is 0 Å². The van der Waals surface area contributed by atoms with Crippen LogP contribution in [0.3, 0.4) is 0 Å². The summed E-state index contributed by atoms with van der Waals surface area (Å²) in [6.07, 6.45) is 7.16. The van der Waals surface area contributed by atoms with E-state index in [9.17, 15) is 4.79 Å². The maximum atomic E-state index is 12.3. The van der Waals surface area contributed by atoms with Crippen molar-refractivity contribution in [3.63, 3.8) is 0 Å². The molecule has 0 bridgehead atoms. The molecule has 3 heterocycles. The van der Waals surface area contributed by atoms with Gasteiger partial charge in [0, 0.05) is 30.5 Å². The minimum Gasteiger partial charge on any atom is -0.345 e. The highest BCUT2D eigenvalue weighted by Crippen LogP contribution is 2.13. The quantitative estimate of drug-likeness (QED) is 0.779. The lowest BCUT2D eigenvalue weighted by Gasteiger charge is -2.15. The van der Waals surface area contributed by atoms with Crippen molar-refractivity contribution in [2.75, 3.05) is 0 Å². The standard InChI is InChI=1S/C16H20N6O/c1-4-21-6-5-17-15(21)12(3)20-14(23)10-22-16-13(9-19-22)7-11(2)8-18-16/h5-9,12H,4,10H2,1-3H3,(H,20,23). The number of hydrogen-bond acceptors (Lipinski definition) is 4. The Kier molecular flexibility index (Phi) is 4.10. The topological polar surface area (TPSA) is 77.6 Å². The van der Waals surface area contributed by atoms with Crippen LogP contribution in [0.2, 0.25) is 0 Å². The molecule has 0 spiro atoms. The van der Waals surface area contributed by atoms with Crippen molar-refractivity contribution in [3.8, 4) is 0 Å². The van der Waals surface area contributed by atoms with Gasteiger partial charge in [-0.15, -0.1) is 0 Å². The summed E-state index contributed by atoms with van der Waals surface area (Å²) in [6, 6.07) is 1.85. The number of carbonyl (C=O) groups is 1. The predicted molar refractivity (Wildman–Crippen MR) is 86.7 cm³/mol. The number of imidazole rings is 1. The van der Waals surface area contributed by atoms with Gasteiger partial charge < -0.3 is 9.88 Å². The van der Waals surface area contributed by atoms with Crippen LogP contribution in [-0.2, 0) is 17.9 Å². The van der Waals surface area contributed by atoms with Crippen LogP contribution in [-0.4, -0.2) is 30.2 Å². The highest BCUT2D eigenvalue weighted by atomic mass is 16.2. The van der Waals surface area contributed by atoms with Crippen LogP contribution in [0.15, 0.2) is 30.9 Å². The van der Waals surface area contributed by atoms with E-state index in [-0.39, 0.29) is 18.5 Å². The summed E-state index contributed by atoms with van der Waals surface area (Å²) in [4.78, 5) is 21.0. The molecule has 3 rings (SSSR count). The number of amides is 1. The number of aromatic nitrogens is 5. The molecule has 7 nitrogen and oxygen atoms in total. The molecule has 0 saturated heterocycles. The summed E-state index contributed by atoms with van der Waals surface area (Å²) in [5.74, 6) is 0.732. The predicted octanol–water partition coefficient (Wildman–Crippen LogP) is 1.83. The summed E-state index contributed by atoms with van der Waals surface area (Å²) >= 11 is 0. The Bertz CT molecular complexity index is 834. The zero-order valence-corrected chi connectivity index (χ0v) is 13.5. The van der Waals surface area contributed by atoms with Gasteiger partial charge in [0.2, 0.25) is 5.91 Å². The fraction of sp³-hybridized carbons (Fsp3) is 0.375. The molecule has 0 radical (unpaired) electrons. The molecule has 0 aromatic carbocycles. The molecule has 1 unspecified atom stereocenters. The van der Waals surface area contributed by atoms with Crippen molar-refractivity contribution in [3.05, 3.63) is 42.2 Å². The largest absolute Gasteiger partial charge is 0.345 e. The van der Waals surface area contributed by atoms with Crippen molar-refractivity contribution in [2.24, 2.45) is 0 Å². The van der Waals surface area contributed by atoms with Crippen molar-refractivity contribution < 1.29 is 4.79 Å². The van der Waals surface area contributed by atoms with Crippen molar-refractivity contribution >= 4 is 16.9 Å². The van der Waals surface area contributed by atoms with E-state index < -0.39 is 0 Å². The number of rotatable bonds is 5. The van der Waals surface area contributed by atoms with Crippen LogP contribution in [0.25, 0.3) is 11.0 Å². The third-order valence-electron chi connectivity index (χ3n) is 3.76. The first kappa shape index (κ1) is 15.2. The summed E-state index contributed by atoms with van der Waals surface area (Å²) < 4.78 is 3.63. The second-order valence-corrected chi connectivity index (χ2v) is 5.59. The lowest BCUT2D eigenvalue weighted by molar-refractivity contribution is -0.122. The minimum absolute atomic E-state index is 0.115. The van der Waals surface area contributed by atoms with Gasteiger partial charge in [0.25, 0.3) is 0 Å². The zero-order chi connectivity index (χ0) is 16.4. The fourth-order valence-corrected chi connectivity index (χ4v) is 2.65. The molecule has 120 valence electrons. The van der Waals surface area contributed by atoms with Crippen LogP contribution in [0.5, 0.6) is 0 Å². The van der Waals surface area contributed by atoms with Gasteiger partial charge in [-0.05, 0) is 32.4 Å². The maximum absolute atomic E-state index is 12.3. The molecule has 1 atom stereocenters. The Morgan fingerprint density at radius 3 is 2.96 bits per heavy atom. The number of pyridine rings is 1. The average molecular weight is 312 g/mol. The molecule has 1 amide bonds. The lowest BCUT2D eigenvalue weighted by atomic mass is 10.2. The molecule has 0 aliphatic rings.